The van der Waals surface area contributed by atoms with Gasteiger partial charge in [-0.3, -0.25) is 4.79 Å². The van der Waals surface area contributed by atoms with E-state index in [9.17, 15) is 4.79 Å². The fraction of sp³-hybridized carbons (Fsp3) is 0.154. The molecule has 0 saturated carbocycles. The van der Waals surface area contributed by atoms with Crippen molar-refractivity contribution in [1.82, 2.24) is 0 Å². The number of hydrogen-bond acceptors (Lipinski definition) is 3. The minimum absolute atomic E-state index is 0.0426. The molecule has 0 aromatic heterocycles. The summed E-state index contributed by atoms with van der Waals surface area (Å²) < 4.78 is 5.51. The smallest absolute Gasteiger partial charge is 0.237 e. The molecule has 0 radical (unpaired) electrons. The van der Waals surface area contributed by atoms with E-state index in [1.54, 1.807) is 12.1 Å². The molecule has 2 rings (SSSR count). The van der Waals surface area contributed by atoms with Crippen LogP contribution in [0.3, 0.4) is 0 Å². The Morgan fingerprint density at radius 1 is 1.22 bits per heavy atom. The molecule has 0 bridgehead atoms. The van der Waals surface area contributed by atoms with Crippen molar-refractivity contribution in [3.05, 3.63) is 41.4 Å². The molecule has 2 aromatic rings. The van der Waals surface area contributed by atoms with Gasteiger partial charge in [-0.1, -0.05) is 35.9 Å². The summed E-state index contributed by atoms with van der Waals surface area (Å²) in [5.41, 5.74) is 10.6. The molecule has 0 fully saturated rings. The van der Waals surface area contributed by atoms with Crippen LogP contribution < -0.4 is 16.2 Å². The molecule has 5 heteroatoms. The van der Waals surface area contributed by atoms with Crippen molar-refractivity contribution < 1.29 is 9.53 Å². The highest BCUT2D eigenvalue weighted by Crippen LogP contribution is 2.31. The van der Waals surface area contributed by atoms with Gasteiger partial charge in [0.2, 0.25) is 5.91 Å². The summed E-state index contributed by atoms with van der Waals surface area (Å²) in [7, 11) is 0. The third kappa shape index (κ3) is 2.55. The molecule has 0 spiro atoms. The molecule has 4 nitrogen and oxygen atoms in total. The average Bonchev–Trinajstić information content (AvgIpc) is 2.38. The Hall–Kier alpha value is -1.78. The first-order valence-corrected chi connectivity index (χ1v) is 5.82. The molecule has 0 saturated heterocycles. The Morgan fingerprint density at radius 3 is 2.56 bits per heavy atom. The standard InChI is InChI=1S/C13H13ClN2O2/c14-10-5-6-12(18-7-11(15)13(16)17)9-4-2-1-3-8(9)10/h1-6,11H,7,15H2,(H2,16,17). The Kier molecular flexibility index (Phi) is 3.69. The van der Waals surface area contributed by atoms with Crippen LogP contribution in [0.1, 0.15) is 0 Å². The molecular weight excluding hydrogens is 252 g/mol. The van der Waals surface area contributed by atoms with E-state index >= 15 is 0 Å². The molecule has 0 heterocycles. The van der Waals surface area contributed by atoms with E-state index in [4.69, 9.17) is 27.8 Å². The van der Waals surface area contributed by atoms with Gasteiger partial charge >= 0.3 is 0 Å². The van der Waals surface area contributed by atoms with Crippen molar-refractivity contribution in [1.29, 1.82) is 0 Å². The lowest BCUT2D eigenvalue weighted by atomic mass is 10.1. The fourth-order valence-electron chi connectivity index (χ4n) is 1.62. The zero-order valence-electron chi connectivity index (χ0n) is 9.60. The number of hydrogen-bond donors (Lipinski definition) is 2. The summed E-state index contributed by atoms with van der Waals surface area (Å²) in [6.07, 6.45) is 0. The van der Waals surface area contributed by atoms with Gasteiger partial charge in [0.05, 0.1) is 0 Å². The number of fused-ring (bicyclic) bond motifs is 1. The van der Waals surface area contributed by atoms with Gasteiger partial charge in [0.1, 0.15) is 18.4 Å². The van der Waals surface area contributed by atoms with E-state index in [1.165, 1.54) is 0 Å². The van der Waals surface area contributed by atoms with E-state index in [1.807, 2.05) is 24.3 Å². The lowest BCUT2D eigenvalue weighted by Crippen LogP contribution is -2.41. The fourth-order valence-corrected chi connectivity index (χ4v) is 1.85. The van der Waals surface area contributed by atoms with Crippen molar-refractivity contribution in [3.63, 3.8) is 0 Å². The minimum atomic E-state index is -0.820. The van der Waals surface area contributed by atoms with Crippen LogP contribution in [0.15, 0.2) is 36.4 Å². The second kappa shape index (κ2) is 5.25. The number of halogens is 1. The van der Waals surface area contributed by atoms with Crippen LogP contribution in [-0.4, -0.2) is 18.6 Å². The molecule has 0 aliphatic carbocycles. The van der Waals surface area contributed by atoms with Gasteiger partial charge in [-0.25, -0.2) is 0 Å². The third-order valence-electron chi connectivity index (χ3n) is 2.61. The maximum atomic E-state index is 10.8. The number of ether oxygens (including phenoxy) is 1. The highest BCUT2D eigenvalue weighted by Gasteiger charge is 2.11. The highest BCUT2D eigenvalue weighted by atomic mass is 35.5. The predicted octanol–water partition coefficient (Wildman–Crippen LogP) is 1.68. The number of benzene rings is 2. The van der Waals surface area contributed by atoms with Gasteiger partial charge in [-0.05, 0) is 12.1 Å². The van der Waals surface area contributed by atoms with Crippen molar-refractivity contribution >= 4 is 28.3 Å². The number of carbonyl (C=O) groups is 1. The maximum absolute atomic E-state index is 10.8. The van der Waals surface area contributed by atoms with Crippen LogP contribution in [0.4, 0.5) is 0 Å². The molecule has 18 heavy (non-hydrogen) atoms. The Labute approximate surface area is 109 Å². The predicted molar refractivity (Wildman–Crippen MR) is 71.6 cm³/mol. The van der Waals surface area contributed by atoms with Crippen molar-refractivity contribution in [2.45, 2.75) is 6.04 Å². The van der Waals surface area contributed by atoms with Crippen LogP contribution in [0.25, 0.3) is 10.8 Å². The van der Waals surface area contributed by atoms with E-state index in [2.05, 4.69) is 0 Å². The molecule has 2 aromatic carbocycles. The van der Waals surface area contributed by atoms with E-state index in [0.29, 0.717) is 10.8 Å². The number of nitrogens with two attached hydrogens (primary N) is 2. The van der Waals surface area contributed by atoms with Gasteiger partial charge in [-0.15, -0.1) is 0 Å². The van der Waals surface area contributed by atoms with E-state index in [0.717, 1.165) is 10.8 Å². The van der Waals surface area contributed by atoms with Gasteiger partial charge in [0.15, 0.2) is 0 Å². The zero-order valence-corrected chi connectivity index (χ0v) is 10.4. The van der Waals surface area contributed by atoms with Crippen LogP contribution in [0, 0.1) is 0 Å². The van der Waals surface area contributed by atoms with Crippen LogP contribution in [-0.2, 0) is 4.79 Å². The summed E-state index contributed by atoms with van der Waals surface area (Å²) in [4.78, 5) is 10.8. The largest absolute Gasteiger partial charge is 0.491 e. The number of primary amides is 1. The Balaban J connectivity index is 2.29. The monoisotopic (exact) mass is 264 g/mol. The topological polar surface area (TPSA) is 78.3 Å². The Morgan fingerprint density at radius 2 is 1.89 bits per heavy atom. The lowest BCUT2D eigenvalue weighted by Gasteiger charge is -2.12. The average molecular weight is 265 g/mol. The quantitative estimate of drug-likeness (QED) is 0.882. The van der Waals surface area contributed by atoms with Gasteiger partial charge < -0.3 is 16.2 Å². The number of carbonyl (C=O) groups excluding carboxylic acids is 1. The van der Waals surface area contributed by atoms with Crippen LogP contribution >= 0.6 is 11.6 Å². The first-order valence-electron chi connectivity index (χ1n) is 5.44. The normalized spacial score (nSPS) is 12.3. The van der Waals surface area contributed by atoms with E-state index in [-0.39, 0.29) is 6.61 Å². The zero-order chi connectivity index (χ0) is 13.1. The molecule has 0 aliphatic heterocycles. The van der Waals surface area contributed by atoms with E-state index < -0.39 is 11.9 Å². The van der Waals surface area contributed by atoms with Gasteiger partial charge in [0, 0.05) is 15.8 Å². The summed E-state index contributed by atoms with van der Waals surface area (Å²) in [5, 5.41) is 2.42. The Bertz CT molecular complexity index is 586. The first kappa shape index (κ1) is 12.7. The summed E-state index contributed by atoms with van der Waals surface area (Å²) in [6, 6.07) is 10.3. The molecule has 1 atom stereocenters. The molecule has 1 amide bonds. The second-order valence-electron chi connectivity index (χ2n) is 3.91. The summed E-state index contributed by atoms with van der Waals surface area (Å²) in [5.74, 6) is 0.0416. The maximum Gasteiger partial charge on any atom is 0.237 e. The number of amides is 1. The molecule has 1 unspecified atom stereocenters. The van der Waals surface area contributed by atoms with Crippen LogP contribution in [0.2, 0.25) is 5.02 Å². The van der Waals surface area contributed by atoms with Crippen molar-refractivity contribution in [2.75, 3.05) is 6.61 Å². The SMILES string of the molecule is NC(=O)C(N)COc1ccc(Cl)c2ccccc12. The van der Waals surface area contributed by atoms with Crippen molar-refractivity contribution in [3.8, 4) is 5.75 Å². The first-order chi connectivity index (χ1) is 8.59. The summed E-state index contributed by atoms with van der Waals surface area (Å²) in [6.45, 7) is 0.0426. The minimum Gasteiger partial charge on any atom is -0.491 e. The molecule has 4 N–H and O–H groups in total. The van der Waals surface area contributed by atoms with Gasteiger partial charge in [-0.2, -0.15) is 0 Å². The van der Waals surface area contributed by atoms with Crippen molar-refractivity contribution in [2.24, 2.45) is 11.5 Å². The molecule has 94 valence electrons. The molecule has 0 aliphatic rings. The lowest BCUT2D eigenvalue weighted by molar-refractivity contribution is -0.119. The number of rotatable bonds is 4. The van der Waals surface area contributed by atoms with Crippen LogP contribution in [0.5, 0.6) is 5.75 Å². The van der Waals surface area contributed by atoms with Gasteiger partial charge in [0.25, 0.3) is 0 Å². The molecular formula is C13H13ClN2O2. The highest BCUT2D eigenvalue weighted by molar-refractivity contribution is 6.35. The third-order valence-corrected chi connectivity index (χ3v) is 2.94. The second-order valence-corrected chi connectivity index (χ2v) is 4.32. The summed E-state index contributed by atoms with van der Waals surface area (Å²) >= 11 is 6.09.